The molecule has 2 aliphatic rings. The van der Waals surface area contributed by atoms with E-state index in [4.69, 9.17) is 0 Å². The minimum atomic E-state index is 0. The molecule has 2 aliphatic carbocycles. The van der Waals surface area contributed by atoms with Gasteiger partial charge in [-0.15, -0.1) is 0 Å². The van der Waals surface area contributed by atoms with E-state index in [2.05, 4.69) is 36.5 Å². The third-order valence-corrected chi connectivity index (χ3v) is 2.15. The van der Waals surface area contributed by atoms with Crippen molar-refractivity contribution < 1.29 is 59.8 Å². The molecule has 0 fully saturated rings. The molecule has 2 rings (SSSR count). The Labute approximate surface area is 126 Å². The molecule has 0 spiro atoms. The van der Waals surface area contributed by atoms with E-state index in [1.165, 1.54) is 6.42 Å². The first-order valence-electron chi connectivity index (χ1n) is 4.14. The molecule has 0 aromatic heterocycles. The van der Waals surface area contributed by atoms with Crippen LogP contribution in [0.4, 0.5) is 0 Å². The van der Waals surface area contributed by atoms with E-state index in [0.717, 1.165) is 12.8 Å². The second-order valence-corrected chi connectivity index (χ2v) is 3.09. The number of hydrogen-bond donors (Lipinski definition) is 0. The van der Waals surface area contributed by atoms with Gasteiger partial charge in [-0.3, -0.25) is 0 Å². The van der Waals surface area contributed by atoms with E-state index in [9.17, 15) is 0 Å². The van der Waals surface area contributed by atoms with Crippen LogP contribution in [0.15, 0.2) is 47.6 Å². The molecule has 0 aromatic rings. The normalized spacial score (nSPS) is 16.3. The Morgan fingerprint density at radius 1 is 0.857 bits per heavy atom. The summed E-state index contributed by atoms with van der Waals surface area (Å²) in [4.78, 5) is 0. The van der Waals surface area contributed by atoms with Gasteiger partial charge in [0, 0.05) is 25.8 Å². The zero-order chi connectivity index (χ0) is 7.52. The first-order valence-corrected chi connectivity index (χ1v) is 4.14. The Bertz CT molecular complexity index is 247. The van der Waals surface area contributed by atoms with Crippen LogP contribution < -0.4 is 34.0 Å². The van der Waals surface area contributed by atoms with E-state index in [-0.39, 0.29) is 59.8 Å². The monoisotopic (exact) mass is 482 g/mol. The third kappa shape index (κ3) is 5.04. The van der Waals surface area contributed by atoms with Crippen molar-refractivity contribution >= 4 is 0 Å². The quantitative estimate of drug-likeness (QED) is 0.372. The summed E-state index contributed by atoms with van der Waals surface area (Å²) in [5.74, 6) is 0. The average molecular weight is 483 g/mol. The molecule has 0 unspecified atom stereocenters. The van der Waals surface area contributed by atoms with Gasteiger partial charge in [-0.25, -0.2) is 0 Å². The first kappa shape index (κ1) is 17.2. The molecule has 14 heavy (non-hydrogen) atoms. The topological polar surface area (TPSA) is 0 Å². The molecular formula is C11H12Br2Hf-2. The van der Waals surface area contributed by atoms with Crippen molar-refractivity contribution in [3.05, 3.63) is 47.6 Å². The van der Waals surface area contributed by atoms with Crippen LogP contribution in [0.2, 0.25) is 0 Å². The summed E-state index contributed by atoms with van der Waals surface area (Å²) in [5, 5.41) is 0. The van der Waals surface area contributed by atoms with Crippen LogP contribution in [0.1, 0.15) is 19.3 Å². The zero-order valence-electron chi connectivity index (χ0n) is 7.84. The van der Waals surface area contributed by atoms with E-state index < -0.39 is 0 Å². The summed E-state index contributed by atoms with van der Waals surface area (Å²) in [7, 11) is 0. The largest absolute Gasteiger partial charge is 1.00 e. The van der Waals surface area contributed by atoms with Crippen molar-refractivity contribution in [3.63, 3.8) is 0 Å². The number of rotatable bonds is 2. The second kappa shape index (κ2) is 9.05. The average Bonchev–Trinajstić information content (AvgIpc) is 2.60. The summed E-state index contributed by atoms with van der Waals surface area (Å²) in [6.07, 6.45) is 16.7. The Balaban J connectivity index is 0. The van der Waals surface area contributed by atoms with Crippen molar-refractivity contribution in [3.8, 4) is 0 Å². The van der Waals surface area contributed by atoms with Gasteiger partial charge in [-0.05, 0) is 19.3 Å². The van der Waals surface area contributed by atoms with Crippen LogP contribution in [0.5, 0.6) is 0 Å². The molecule has 0 heterocycles. The summed E-state index contributed by atoms with van der Waals surface area (Å²) >= 11 is 0. The second-order valence-electron chi connectivity index (χ2n) is 3.09. The minimum absolute atomic E-state index is 0. The smallest absolute Gasteiger partial charge is 0 e. The van der Waals surface area contributed by atoms with Crippen molar-refractivity contribution in [1.29, 1.82) is 0 Å². The SMILES string of the molecule is C1=CCC(CC2=CC=CC2)=C1.[Br-].[Br-].[Hf]. The van der Waals surface area contributed by atoms with Gasteiger partial charge in [0.25, 0.3) is 0 Å². The number of hydrogen-bond acceptors (Lipinski definition) is 0. The molecule has 3 heteroatoms. The van der Waals surface area contributed by atoms with Gasteiger partial charge in [0.15, 0.2) is 0 Å². The fourth-order valence-electron chi connectivity index (χ4n) is 1.54. The molecule has 0 aliphatic heterocycles. The maximum atomic E-state index is 2.24. The van der Waals surface area contributed by atoms with E-state index in [1.807, 2.05) is 0 Å². The molecule has 0 radical (unpaired) electrons. The van der Waals surface area contributed by atoms with Crippen molar-refractivity contribution in [1.82, 2.24) is 0 Å². The molecule has 0 atom stereocenters. The Hall–Kier alpha value is 0.790. The molecule has 0 aromatic carbocycles. The molecule has 0 N–H and O–H groups in total. The molecule has 0 amide bonds. The van der Waals surface area contributed by atoms with Crippen molar-refractivity contribution in [2.24, 2.45) is 0 Å². The minimum Gasteiger partial charge on any atom is -1.00 e. The Kier molecular flexibility index (Phi) is 11.1. The van der Waals surface area contributed by atoms with Gasteiger partial charge in [0.1, 0.15) is 0 Å². The summed E-state index contributed by atoms with van der Waals surface area (Å²) < 4.78 is 0. The molecule has 0 bridgehead atoms. The van der Waals surface area contributed by atoms with Crippen LogP contribution in [-0.4, -0.2) is 0 Å². The van der Waals surface area contributed by atoms with Gasteiger partial charge in [-0.2, -0.15) is 0 Å². The predicted octanol–water partition coefficient (Wildman–Crippen LogP) is -2.85. The van der Waals surface area contributed by atoms with Crippen LogP contribution in [0.25, 0.3) is 0 Å². The maximum Gasteiger partial charge on any atom is 0 e. The Morgan fingerprint density at radius 3 is 1.57 bits per heavy atom. The van der Waals surface area contributed by atoms with E-state index in [1.54, 1.807) is 11.1 Å². The van der Waals surface area contributed by atoms with Crippen LogP contribution in [0, 0.1) is 0 Å². The van der Waals surface area contributed by atoms with E-state index in [0.29, 0.717) is 0 Å². The molecular weight excluding hydrogens is 470 g/mol. The van der Waals surface area contributed by atoms with Gasteiger partial charge < -0.3 is 34.0 Å². The molecule has 0 saturated carbocycles. The summed E-state index contributed by atoms with van der Waals surface area (Å²) in [6.45, 7) is 0. The third-order valence-electron chi connectivity index (χ3n) is 2.15. The number of allylic oxidation sites excluding steroid dienone is 8. The van der Waals surface area contributed by atoms with Gasteiger partial charge in [0.2, 0.25) is 0 Å². The fourth-order valence-corrected chi connectivity index (χ4v) is 1.54. The molecule has 0 nitrogen and oxygen atoms in total. The number of halogens is 2. The van der Waals surface area contributed by atoms with Crippen LogP contribution >= 0.6 is 0 Å². The van der Waals surface area contributed by atoms with Crippen LogP contribution in [0.3, 0.4) is 0 Å². The zero-order valence-corrected chi connectivity index (χ0v) is 14.6. The predicted molar refractivity (Wildman–Crippen MR) is 48.3 cm³/mol. The fraction of sp³-hybridized carbons (Fsp3) is 0.273. The van der Waals surface area contributed by atoms with E-state index >= 15 is 0 Å². The van der Waals surface area contributed by atoms with Gasteiger partial charge in [-0.1, -0.05) is 47.6 Å². The summed E-state index contributed by atoms with van der Waals surface area (Å²) in [6, 6.07) is 0. The first-order chi connectivity index (χ1) is 5.45. The van der Waals surface area contributed by atoms with Gasteiger partial charge in [0.05, 0.1) is 0 Å². The molecule has 76 valence electrons. The van der Waals surface area contributed by atoms with Crippen molar-refractivity contribution in [2.45, 2.75) is 19.3 Å². The maximum absolute atomic E-state index is 2.24. The Morgan fingerprint density at radius 2 is 1.29 bits per heavy atom. The molecule has 0 saturated heterocycles. The van der Waals surface area contributed by atoms with Crippen molar-refractivity contribution in [2.75, 3.05) is 0 Å². The summed E-state index contributed by atoms with van der Waals surface area (Å²) in [5.41, 5.74) is 3.11. The standard InChI is InChI=1S/C11H12.2BrH.Hf/c1-2-6-10(5-1)9-11-7-3-4-8-11;;;/h1-5,7H,6,8-9H2;2*1H;/p-2. The van der Waals surface area contributed by atoms with Crippen LogP contribution in [-0.2, 0) is 25.8 Å². The van der Waals surface area contributed by atoms with Gasteiger partial charge >= 0.3 is 0 Å².